The number of hydrogen-bond acceptors (Lipinski definition) is 2. The van der Waals surface area contributed by atoms with E-state index in [0.29, 0.717) is 12.5 Å². The Morgan fingerprint density at radius 3 is 2.81 bits per heavy atom. The zero-order chi connectivity index (χ0) is 11.1. The van der Waals surface area contributed by atoms with Crippen LogP contribution in [0.3, 0.4) is 0 Å². The molecule has 1 aromatic rings. The highest BCUT2D eigenvalue weighted by atomic mass is 79.9. The summed E-state index contributed by atoms with van der Waals surface area (Å²) in [7, 11) is 0. The minimum atomic E-state index is 0.277. The Bertz CT molecular complexity index is 407. The molecule has 2 aliphatic carbocycles. The van der Waals surface area contributed by atoms with Crippen molar-refractivity contribution in [2.24, 2.45) is 17.8 Å². The summed E-state index contributed by atoms with van der Waals surface area (Å²) >= 11 is 5.11. The monoisotopic (exact) mass is 299 g/mol. The van der Waals surface area contributed by atoms with Crippen molar-refractivity contribution >= 4 is 33.2 Å². The lowest BCUT2D eigenvalue weighted by Crippen LogP contribution is -2.25. The number of rotatable bonds is 3. The van der Waals surface area contributed by atoms with E-state index in [9.17, 15) is 4.79 Å². The Balaban J connectivity index is 1.51. The van der Waals surface area contributed by atoms with Gasteiger partial charge in [-0.1, -0.05) is 6.42 Å². The van der Waals surface area contributed by atoms with Gasteiger partial charge in [0.05, 0.1) is 10.3 Å². The van der Waals surface area contributed by atoms with Crippen LogP contribution in [-0.2, 0) is 11.3 Å². The summed E-state index contributed by atoms with van der Waals surface area (Å²) in [4.78, 5) is 13.1. The van der Waals surface area contributed by atoms with E-state index in [0.717, 1.165) is 15.6 Å². The molecule has 2 aliphatic rings. The van der Waals surface area contributed by atoms with Gasteiger partial charge in [-0.05, 0) is 52.7 Å². The predicted molar refractivity (Wildman–Crippen MR) is 68.2 cm³/mol. The van der Waals surface area contributed by atoms with Crippen LogP contribution in [0.2, 0.25) is 0 Å². The molecule has 2 fully saturated rings. The van der Waals surface area contributed by atoms with Crippen molar-refractivity contribution in [2.75, 3.05) is 0 Å². The third kappa shape index (κ3) is 1.93. The van der Waals surface area contributed by atoms with Gasteiger partial charge in [0.2, 0.25) is 5.91 Å². The molecule has 0 spiro atoms. The summed E-state index contributed by atoms with van der Waals surface area (Å²) < 4.78 is 1.13. The van der Waals surface area contributed by atoms with E-state index in [4.69, 9.17) is 0 Å². The van der Waals surface area contributed by atoms with Crippen molar-refractivity contribution in [1.29, 1.82) is 0 Å². The quantitative estimate of drug-likeness (QED) is 0.912. The number of carbonyl (C=O) groups is 1. The minimum absolute atomic E-state index is 0.277. The van der Waals surface area contributed by atoms with E-state index < -0.39 is 0 Å². The second kappa shape index (κ2) is 4.15. The zero-order valence-corrected chi connectivity index (χ0v) is 11.3. The zero-order valence-electron chi connectivity index (χ0n) is 8.91. The van der Waals surface area contributed by atoms with Gasteiger partial charge in [-0.25, -0.2) is 0 Å². The largest absolute Gasteiger partial charge is 0.351 e. The molecule has 0 bridgehead atoms. The molecule has 1 aromatic heterocycles. The normalized spacial score (nSPS) is 31.2. The lowest BCUT2D eigenvalue weighted by molar-refractivity contribution is -0.123. The summed E-state index contributed by atoms with van der Waals surface area (Å²) in [6.07, 6.45) is 3.87. The fourth-order valence-corrected chi connectivity index (χ4v) is 4.37. The van der Waals surface area contributed by atoms with Crippen molar-refractivity contribution in [3.05, 3.63) is 20.8 Å². The van der Waals surface area contributed by atoms with Crippen molar-refractivity contribution in [3.63, 3.8) is 0 Å². The number of carbonyl (C=O) groups excluding carboxylic acids is 1. The third-order valence-corrected chi connectivity index (χ3v) is 5.40. The van der Waals surface area contributed by atoms with Gasteiger partial charge in [0.15, 0.2) is 0 Å². The summed E-state index contributed by atoms with van der Waals surface area (Å²) in [6.45, 7) is 0.686. The molecule has 2 nitrogen and oxygen atoms in total. The van der Waals surface area contributed by atoms with Crippen LogP contribution in [0.1, 0.15) is 24.1 Å². The number of amides is 1. The smallest absolute Gasteiger partial charge is 0.223 e. The van der Waals surface area contributed by atoms with Crippen molar-refractivity contribution < 1.29 is 4.79 Å². The first kappa shape index (κ1) is 10.8. The second-order valence-corrected chi connectivity index (χ2v) is 7.26. The van der Waals surface area contributed by atoms with E-state index in [2.05, 4.69) is 27.3 Å². The number of nitrogens with one attached hydrogen (secondary N) is 1. The number of fused-ring (bicyclic) bond motifs is 1. The van der Waals surface area contributed by atoms with Crippen LogP contribution in [-0.4, -0.2) is 5.91 Å². The molecule has 2 saturated carbocycles. The minimum Gasteiger partial charge on any atom is -0.351 e. The Labute approximate surface area is 108 Å². The van der Waals surface area contributed by atoms with Crippen LogP contribution in [0.5, 0.6) is 0 Å². The van der Waals surface area contributed by atoms with Gasteiger partial charge in [-0.2, -0.15) is 0 Å². The first-order chi connectivity index (χ1) is 7.75. The fraction of sp³-hybridized carbons (Fsp3) is 0.583. The van der Waals surface area contributed by atoms with Crippen LogP contribution in [0.25, 0.3) is 0 Å². The van der Waals surface area contributed by atoms with Gasteiger partial charge in [-0.15, -0.1) is 11.3 Å². The Kier molecular flexibility index (Phi) is 2.80. The molecule has 1 amide bonds. The topological polar surface area (TPSA) is 29.1 Å². The van der Waals surface area contributed by atoms with E-state index in [1.807, 2.05) is 6.07 Å². The molecule has 16 heavy (non-hydrogen) atoms. The molecule has 0 aliphatic heterocycles. The molecule has 1 N–H and O–H groups in total. The number of halogens is 1. The van der Waals surface area contributed by atoms with Crippen LogP contribution in [0, 0.1) is 17.8 Å². The first-order valence-electron chi connectivity index (χ1n) is 5.77. The average molecular weight is 300 g/mol. The standard InChI is InChI=1S/C12H14BrNOS/c13-10-5-4-7(16-10)6-14-12(15)11-8-2-1-3-9(8)11/h4-5,8-9,11H,1-3,6H2,(H,14,15). The van der Waals surface area contributed by atoms with Crippen molar-refractivity contribution in [3.8, 4) is 0 Å². The van der Waals surface area contributed by atoms with Gasteiger partial charge < -0.3 is 5.32 Å². The predicted octanol–water partition coefficient (Wildman–Crippen LogP) is 3.17. The lowest BCUT2D eigenvalue weighted by atomic mass is 10.1. The highest BCUT2D eigenvalue weighted by Gasteiger charge is 2.56. The van der Waals surface area contributed by atoms with E-state index in [1.54, 1.807) is 11.3 Å². The second-order valence-electron chi connectivity index (χ2n) is 4.71. The molecule has 3 rings (SSSR count). The molecule has 0 aromatic carbocycles. The molecule has 0 radical (unpaired) electrons. The molecular weight excluding hydrogens is 286 g/mol. The van der Waals surface area contributed by atoms with Crippen molar-refractivity contribution in [2.45, 2.75) is 25.8 Å². The van der Waals surface area contributed by atoms with Crippen LogP contribution in [0.4, 0.5) is 0 Å². The summed E-state index contributed by atoms with van der Waals surface area (Å²) in [5.41, 5.74) is 0. The first-order valence-corrected chi connectivity index (χ1v) is 7.38. The van der Waals surface area contributed by atoms with Crippen molar-refractivity contribution in [1.82, 2.24) is 5.32 Å². The molecule has 86 valence electrons. The summed E-state index contributed by atoms with van der Waals surface area (Å²) in [5.74, 6) is 2.06. The average Bonchev–Trinajstić information content (AvgIpc) is 2.68. The Morgan fingerprint density at radius 2 is 2.19 bits per heavy atom. The highest BCUT2D eigenvalue weighted by Crippen LogP contribution is 2.57. The molecule has 4 heteroatoms. The van der Waals surface area contributed by atoms with E-state index >= 15 is 0 Å². The van der Waals surface area contributed by atoms with Gasteiger partial charge in [0, 0.05) is 10.8 Å². The third-order valence-electron chi connectivity index (χ3n) is 3.77. The fourth-order valence-electron chi connectivity index (χ4n) is 2.95. The van der Waals surface area contributed by atoms with E-state index in [1.165, 1.54) is 24.1 Å². The lowest BCUT2D eigenvalue weighted by Gasteiger charge is -2.04. The molecule has 2 atom stereocenters. The number of thiophene rings is 1. The summed E-state index contributed by atoms with van der Waals surface area (Å²) in [5, 5.41) is 3.05. The number of hydrogen-bond donors (Lipinski definition) is 1. The maximum absolute atomic E-state index is 11.9. The molecular formula is C12H14BrNOS. The van der Waals surface area contributed by atoms with Gasteiger partial charge in [0.25, 0.3) is 0 Å². The van der Waals surface area contributed by atoms with Crippen LogP contribution in [0.15, 0.2) is 15.9 Å². The van der Waals surface area contributed by atoms with Crippen LogP contribution < -0.4 is 5.32 Å². The Morgan fingerprint density at radius 1 is 1.44 bits per heavy atom. The van der Waals surface area contributed by atoms with Gasteiger partial charge in [0.1, 0.15) is 0 Å². The van der Waals surface area contributed by atoms with Gasteiger partial charge >= 0.3 is 0 Å². The summed E-state index contributed by atoms with van der Waals surface area (Å²) in [6, 6.07) is 4.08. The van der Waals surface area contributed by atoms with Crippen LogP contribution >= 0.6 is 27.3 Å². The molecule has 1 heterocycles. The Hall–Kier alpha value is -0.350. The maximum atomic E-state index is 11.9. The molecule has 0 saturated heterocycles. The maximum Gasteiger partial charge on any atom is 0.223 e. The van der Waals surface area contributed by atoms with E-state index in [-0.39, 0.29) is 5.91 Å². The SMILES string of the molecule is O=C(NCc1ccc(Br)s1)C1C2CCCC21. The molecule has 2 unspecified atom stereocenters. The highest BCUT2D eigenvalue weighted by molar-refractivity contribution is 9.11. The van der Waals surface area contributed by atoms with Gasteiger partial charge in [-0.3, -0.25) is 4.79 Å².